The molecule has 0 spiro atoms. The molecule has 1 aromatic heterocycles. The highest BCUT2D eigenvalue weighted by Crippen LogP contribution is 2.31. The predicted octanol–water partition coefficient (Wildman–Crippen LogP) is 6.12. The Morgan fingerprint density at radius 1 is 1.00 bits per heavy atom. The Labute approximate surface area is 150 Å². The third-order valence-electron chi connectivity index (χ3n) is 3.67. The maximum absolute atomic E-state index is 12.4. The molecule has 0 saturated carbocycles. The van der Waals surface area contributed by atoms with Gasteiger partial charge in [-0.15, -0.1) is 0 Å². The van der Waals surface area contributed by atoms with Crippen LogP contribution in [0.4, 0.5) is 5.69 Å². The Morgan fingerprint density at radius 3 is 2.54 bits per heavy atom. The van der Waals surface area contributed by atoms with Crippen molar-refractivity contribution in [3.05, 3.63) is 75.5 Å². The smallest absolute Gasteiger partial charge is 0.291 e. The first-order valence-electron chi connectivity index (χ1n) is 7.38. The summed E-state index contributed by atoms with van der Waals surface area (Å²) in [4.78, 5) is 12.4. The van der Waals surface area contributed by atoms with Crippen LogP contribution in [0.5, 0.6) is 0 Å². The van der Waals surface area contributed by atoms with Crippen LogP contribution in [0.15, 0.2) is 52.9 Å². The molecule has 0 fully saturated rings. The lowest BCUT2D eigenvalue weighted by Gasteiger charge is -2.08. The molecular formula is C19H15Cl2NO2. The molecule has 0 aliphatic rings. The van der Waals surface area contributed by atoms with E-state index in [2.05, 4.69) is 5.32 Å². The number of hydrogen-bond acceptors (Lipinski definition) is 2. The normalized spacial score (nSPS) is 10.7. The molecule has 0 atom stereocenters. The van der Waals surface area contributed by atoms with Crippen molar-refractivity contribution in [2.24, 2.45) is 0 Å². The Kier molecular flexibility index (Phi) is 4.65. The summed E-state index contributed by atoms with van der Waals surface area (Å²) >= 11 is 12.1. The van der Waals surface area contributed by atoms with Gasteiger partial charge in [-0.05, 0) is 61.4 Å². The van der Waals surface area contributed by atoms with E-state index in [4.69, 9.17) is 27.6 Å². The molecule has 0 saturated heterocycles. The summed E-state index contributed by atoms with van der Waals surface area (Å²) in [5, 5.41) is 3.88. The largest absolute Gasteiger partial charge is 0.451 e. The molecule has 0 aliphatic carbocycles. The Morgan fingerprint density at radius 2 is 1.79 bits per heavy atom. The number of rotatable bonds is 3. The fraction of sp³-hybridized carbons (Fsp3) is 0.105. The topological polar surface area (TPSA) is 42.2 Å². The summed E-state index contributed by atoms with van der Waals surface area (Å²) in [5.41, 5.74) is 3.51. The lowest BCUT2D eigenvalue weighted by atomic mass is 10.1. The van der Waals surface area contributed by atoms with E-state index in [9.17, 15) is 4.79 Å². The highest BCUT2D eigenvalue weighted by molar-refractivity contribution is 6.36. The second-order valence-electron chi connectivity index (χ2n) is 5.56. The van der Waals surface area contributed by atoms with E-state index in [0.717, 1.165) is 16.8 Å². The first kappa shape index (κ1) is 16.6. The average molecular weight is 360 g/mol. The van der Waals surface area contributed by atoms with Gasteiger partial charge in [-0.25, -0.2) is 0 Å². The number of anilines is 1. The maximum Gasteiger partial charge on any atom is 0.291 e. The van der Waals surface area contributed by atoms with Crippen LogP contribution in [0.1, 0.15) is 21.7 Å². The Balaban J connectivity index is 1.85. The Hall–Kier alpha value is -2.23. The van der Waals surface area contributed by atoms with E-state index < -0.39 is 0 Å². The lowest BCUT2D eigenvalue weighted by molar-refractivity contribution is 0.0997. The molecule has 3 aromatic rings. The van der Waals surface area contributed by atoms with Gasteiger partial charge in [0.25, 0.3) is 5.91 Å². The monoisotopic (exact) mass is 359 g/mol. The van der Waals surface area contributed by atoms with Gasteiger partial charge in [0, 0.05) is 16.3 Å². The fourth-order valence-electron chi connectivity index (χ4n) is 2.35. The summed E-state index contributed by atoms with van der Waals surface area (Å²) in [6, 6.07) is 14.3. The number of furan rings is 1. The number of carbonyl (C=O) groups is 1. The van der Waals surface area contributed by atoms with Crippen LogP contribution in [0.3, 0.4) is 0 Å². The molecule has 1 amide bonds. The fourth-order valence-corrected chi connectivity index (χ4v) is 2.85. The number of aryl methyl sites for hydroxylation is 2. The molecule has 122 valence electrons. The summed E-state index contributed by atoms with van der Waals surface area (Å²) in [7, 11) is 0. The van der Waals surface area contributed by atoms with Crippen LogP contribution in [-0.2, 0) is 0 Å². The summed E-state index contributed by atoms with van der Waals surface area (Å²) in [5.74, 6) is 0.430. The van der Waals surface area contributed by atoms with Crippen LogP contribution in [-0.4, -0.2) is 5.91 Å². The molecule has 5 heteroatoms. The molecule has 0 aliphatic heterocycles. The van der Waals surface area contributed by atoms with Crippen molar-refractivity contribution in [1.29, 1.82) is 0 Å². The number of amides is 1. The van der Waals surface area contributed by atoms with Gasteiger partial charge in [0.2, 0.25) is 0 Å². The number of halogens is 2. The third kappa shape index (κ3) is 3.48. The van der Waals surface area contributed by atoms with E-state index in [0.29, 0.717) is 21.4 Å². The molecule has 0 radical (unpaired) electrons. The molecule has 3 rings (SSSR count). The van der Waals surface area contributed by atoms with Crippen LogP contribution in [0.2, 0.25) is 10.0 Å². The van der Waals surface area contributed by atoms with Crippen molar-refractivity contribution < 1.29 is 9.21 Å². The zero-order valence-corrected chi connectivity index (χ0v) is 14.7. The maximum atomic E-state index is 12.4. The third-order valence-corrected chi connectivity index (χ3v) is 4.22. The van der Waals surface area contributed by atoms with E-state index in [1.807, 2.05) is 32.0 Å². The molecule has 1 heterocycles. The van der Waals surface area contributed by atoms with E-state index in [-0.39, 0.29) is 11.7 Å². The minimum absolute atomic E-state index is 0.219. The van der Waals surface area contributed by atoms with Crippen molar-refractivity contribution in [3.63, 3.8) is 0 Å². The predicted molar refractivity (Wildman–Crippen MR) is 98.0 cm³/mol. The second kappa shape index (κ2) is 6.71. The van der Waals surface area contributed by atoms with Crippen LogP contribution in [0, 0.1) is 13.8 Å². The summed E-state index contributed by atoms with van der Waals surface area (Å²) < 4.78 is 5.65. The molecule has 2 aromatic carbocycles. The minimum atomic E-state index is -0.306. The van der Waals surface area contributed by atoms with E-state index in [1.165, 1.54) is 0 Å². The zero-order valence-electron chi connectivity index (χ0n) is 13.2. The number of benzene rings is 2. The van der Waals surface area contributed by atoms with Gasteiger partial charge in [0.05, 0.1) is 5.02 Å². The first-order valence-corrected chi connectivity index (χ1v) is 8.13. The number of nitrogens with one attached hydrogen (secondary N) is 1. The Bertz CT molecular complexity index is 915. The summed E-state index contributed by atoms with van der Waals surface area (Å²) in [6.07, 6.45) is 0. The van der Waals surface area contributed by atoms with Gasteiger partial charge in [-0.2, -0.15) is 0 Å². The number of hydrogen-bond donors (Lipinski definition) is 1. The van der Waals surface area contributed by atoms with Crippen molar-refractivity contribution in [1.82, 2.24) is 0 Å². The van der Waals surface area contributed by atoms with E-state index in [1.54, 1.807) is 30.3 Å². The standard InChI is InChI=1S/C19H15Cl2NO2/c1-11-3-4-12(2)16(9-11)22-19(23)18-8-7-17(24-18)14-6-5-13(20)10-15(14)21/h3-10H,1-2H3,(H,22,23). The highest BCUT2D eigenvalue weighted by Gasteiger charge is 2.15. The van der Waals surface area contributed by atoms with Crippen LogP contribution < -0.4 is 5.32 Å². The average Bonchev–Trinajstić information content (AvgIpc) is 3.00. The van der Waals surface area contributed by atoms with Crippen molar-refractivity contribution in [2.75, 3.05) is 5.32 Å². The second-order valence-corrected chi connectivity index (χ2v) is 6.40. The molecule has 0 bridgehead atoms. The van der Waals surface area contributed by atoms with Crippen molar-refractivity contribution in [3.8, 4) is 11.3 Å². The minimum Gasteiger partial charge on any atom is -0.451 e. The highest BCUT2D eigenvalue weighted by atomic mass is 35.5. The quantitative estimate of drug-likeness (QED) is 0.611. The van der Waals surface area contributed by atoms with Gasteiger partial charge in [-0.3, -0.25) is 4.79 Å². The van der Waals surface area contributed by atoms with E-state index >= 15 is 0 Å². The number of carbonyl (C=O) groups excluding carboxylic acids is 1. The molecule has 24 heavy (non-hydrogen) atoms. The molecule has 1 N–H and O–H groups in total. The van der Waals surface area contributed by atoms with Gasteiger partial charge in [-0.1, -0.05) is 35.3 Å². The SMILES string of the molecule is Cc1ccc(C)c(NC(=O)c2ccc(-c3ccc(Cl)cc3Cl)o2)c1. The van der Waals surface area contributed by atoms with Gasteiger partial charge in [0.15, 0.2) is 5.76 Å². The lowest BCUT2D eigenvalue weighted by Crippen LogP contribution is -2.11. The van der Waals surface area contributed by atoms with Crippen LogP contribution in [0.25, 0.3) is 11.3 Å². The molecule has 0 unspecified atom stereocenters. The van der Waals surface area contributed by atoms with Gasteiger partial charge < -0.3 is 9.73 Å². The van der Waals surface area contributed by atoms with Crippen molar-refractivity contribution in [2.45, 2.75) is 13.8 Å². The first-order chi connectivity index (χ1) is 11.4. The summed E-state index contributed by atoms with van der Waals surface area (Å²) in [6.45, 7) is 3.92. The molecule has 3 nitrogen and oxygen atoms in total. The van der Waals surface area contributed by atoms with Gasteiger partial charge in [0.1, 0.15) is 5.76 Å². The van der Waals surface area contributed by atoms with Crippen molar-refractivity contribution >= 4 is 34.8 Å². The van der Waals surface area contributed by atoms with Gasteiger partial charge >= 0.3 is 0 Å². The zero-order chi connectivity index (χ0) is 17.3. The van der Waals surface area contributed by atoms with Crippen LogP contribution >= 0.6 is 23.2 Å². The molecular weight excluding hydrogens is 345 g/mol.